The third-order valence-corrected chi connectivity index (χ3v) is 5.80. The van der Waals surface area contributed by atoms with E-state index in [2.05, 4.69) is 15.5 Å². The number of carbonyl (C=O) groups excluding carboxylic acids is 2. The van der Waals surface area contributed by atoms with Gasteiger partial charge in [0, 0.05) is 35.5 Å². The van der Waals surface area contributed by atoms with Gasteiger partial charge in [-0.15, -0.1) is 0 Å². The largest absolute Gasteiger partial charge is 0.450 e. The van der Waals surface area contributed by atoms with Gasteiger partial charge < -0.3 is 14.6 Å². The first-order chi connectivity index (χ1) is 14.1. The lowest BCUT2D eigenvalue weighted by Crippen LogP contribution is -2.36. The maximum atomic E-state index is 12.7. The minimum absolute atomic E-state index is 0.0940. The number of fused-ring (bicyclic) bond motifs is 2. The van der Waals surface area contributed by atoms with E-state index >= 15 is 0 Å². The number of nitrogens with zero attached hydrogens (tertiary/aromatic N) is 2. The van der Waals surface area contributed by atoms with Crippen molar-refractivity contribution in [2.45, 2.75) is 31.3 Å². The Hall–Kier alpha value is -3.48. The lowest BCUT2D eigenvalue weighted by atomic mass is 9.75. The number of anilines is 1. The Morgan fingerprint density at radius 1 is 1.14 bits per heavy atom. The average molecular weight is 389 g/mol. The molecule has 1 fully saturated rings. The predicted octanol–water partition coefficient (Wildman–Crippen LogP) is 3.93. The minimum Gasteiger partial charge on any atom is -0.450 e. The topological polar surface area (TPSA) is 94.3 Å². The molecule has 0 unspecified atom stereocenters. The van der Waals surface area contributed by atoms with Crippen molar-refractivity contribution >= 4 is 17.7 Å². The van der Waals surface area contributed by atoms with Crippen LogP contribution in [-0.2, 0) is 15.1 Å². The van der Waals surface area contributed by atoms with E-state index in [-0.39, 0.29) is 17.8 Å². The van der Waals surface area contributed by atoms with Crippen molar-refractivity contribution in [3.8, 4) is 11.3 Å². The molecule has 7 nitrogen and oxygen atoms in total. The van der Waals surface area contributed by atoms with Gasteiger partial charge in [-0.05, 0) is 31.7 Å². The summed E-state index contributed by atoms with van der Waals surface area (Å²) in [4.78, 5) is 29.0. The molecule has 0 bridgehead atoms. The molecule has 0 radical (unpaired) electrons. The van der Waals surface area contributed by atoms with Crippen LogP contribution in [0.25, 0.3) is 11.3 Å². The van der Waals surface area contributed by atoms with Gasteiger partial charge in [-0.3, -0.25) is 9.78 Å². The number of amides is 1. The fourth-order valence-corrected chi connectivity index (χ4v) is 4.24. The highest BCUT2D eigenvalue weighted by atomic mass is 16.6. The molecular weight excluding hydrogens is 370 g/mol. The van der Waals surface area contributed by atoms with Crippen molar-refractivity contribution in [1.82, 2.24) is 10.1 Å². The first-order valence-corrected chi connectivity index (χ1v) is 9.65. The molecule has 3 aromatic rings. The molecule has 5 rings (SSSR count). The Bertz CT molecular complexity index is 1070. The van der Waals surface area contributed by atoms with Crippen LogP contribution in [-0.4, -0.2) is 22.0 Å². The van der Waals surface area contributed by atoms with E-state index in [9.17, 15) is 9.59 Å². The number of benzene rings is 1. The number of pyridine rings is 1. The molecule has 2 aromatic heterocycles. The number of ether oxygens (including phenoxy) is 1. The van der Waals surface area contributed by atoms with E-state index < -0.39 is 5.60 Å². The molecule has 0 saturated heterocycles. The van der Waals surface area contributed by atoms with Crippen LogP contribution in [0.2, 0.25) is 0 Å². The zero-order chi connectivity index (χ0) is 19.8. The first-order valence-electron chi connectivity index (χ1n) is 9.65. The Morgan fingerprint density at radius 3 is 2.72 bits per heavy atom. The van der Waals surface area contributed by atoms with Gasteiger partial charge in [0.2, 0.25) is 5.91 Å². The number of aromatic nitrogens is 2. The molecule has 3 heterocycles. The van der Waals surface area contributed by atoms with E-state index in [1.54, 1.807) is 24.5 Å². The number of rotatable bonds is 3. The first kappa shape index (κ1) is 17.6. The monoisotopic (exact) mass is 389 g/mol. The fourth-order valence-electron chi connectivity index (χ4n) is 4.24. The summed E-state index contributed by atoms with van der Waals surface area (Å²) >= 11 is 0. The van der Waals surface area contributed by atoms with Gasteiger partial charge in [0.05, 0.1) is 5.56 Å². The van der Waals surface area contributed by atoms with Crippen LogP contribution < -0.4 is 5.32 Å². The van der Waals surface area contributed by atoms with E-state index in [1.165, 1.54) is 0 Å². The minimum atomic E-state index is -0.647. The van der Waals surface area contributed by atoms with Crippen LogP contribution in [0.5, 0.6) is 0 Å². The van der Waals surface area contributed by atoms with Crippen LogP contribution in [0, 0.1) is 5.92 Å². The van der Waals surface area contributed by atoms with Crippen LogP contribution >= 0.6 is 0 Å². The normalized spacial score (nSPS) is 22.9. The number of hydrogen-bond acceptors (Lipinski definition) is 6. The van der Waals surface area contributed by atoms with E-state index in [0.29, 0.717) is 42.8 Å². The van der Waals surface area contributed by atoms with Gasteiger partial charge in [-0.1, -0.05) is 35.5 Å². The summed E-state index contributed by atoms with van der Waals surface area (Å²) in [6.07, 6.45) is 5.75. The molecule has 1 aromatic carbocycles. The standard InChI is InChI=1S/C22H19N3O4/c26-20(24-19-12-18(29-25-19)14-4-2-1-3-5-14)15-6-9-22(10-7-15)17-13-23-11-8-16(17)21(27)28-22/h1-5,8,11-13,15H,6-7,9-10H2,(H,24,25,26)/t15-,22+. The average Bonchev–Trinajstić information content (AvgIpc) is 3.33. The molecule has 1 aliphatic heterocycles. The van der Waals surface area contributed by atoms with Gasteiger partial charge >= 0.3 is 5.97 Å². The zero-order valence-electron chi connectivity index (χ0n) is 15.6. The molecule has 7 heteroatoms. The maximum absolute atomic E-state index is 12.7. The van der Waals surface area contributed by atoms with Crippen molar-refractivity contribution in [3.05, 3.63) is 66.0 Å². The van der Waals surface area contributed by atoms with Crippen molar-refractivity contribution in [2.24, 2.45) is 5.92 Å². The Morgan fingerprint density at radius 2 is 1.93 bits per heavy atom. The van der Waals surface area contributed by atoms with E-state index in [4.69, 9.17) is 9.26 Å². The summed E-state index contributed by atoms with van der Waals surface area (Å²) in [6.45, 7) is 0. The highest BCUT2D eigenvalue weighted by molar-refractivity contribution is 5.95. The molecule has 0 atom stereocenters. The van der Waals surface area contributed by atoms with Crippen LogP contribution in [0.15, 0.2) is 59.4 Å². The Labute approximate surface area is 167 Å². The van der Waals surface area contributed by atoms with Crippen molar-refractivity contribution in [3.63, 3.8) is 0 Å². The Kier molecular flexibility index (Phi) is 4.16. The predicted molar refractivity (Wildman–Crippen MR) is 104 cm³/mol. The molecule has 1 amide bonds. The molecule has 1 saturated carbocycles. The fraction of sp³-hybridized carbons (Fsp3) is 0.273. The highest BCUT2D eigenvalue weighted by Crippen LogP contribution is 2.47. The summed E-state index contributed by atoms with van der Waals surface area (Å²) in [6, 6.07) is 13.0. The quantitative estimate of drug-likeness (QED) is 0.682. The maximum Gasteiger partial charge on any atom is 0.339 e. The Balaban J connectivity index is 1.25. The second kappa shape index (κ2) is 6.84. The molecular formula is C22H19N3O4. The summed E-state index contributed by atoms with van der Waals surface area (Å²) in [5.74, 6) is 0.434. The van der Waals surface area contributed by atoms with Crippen LogP contribution in [0.1, 0.15) is 41.6 Å². The zero-order valence-corrected chi connectivity index (χ0v) is 15.6. The van der Waals surface area contributed by atoms with Gasteiger partial charge in [-0.2, -0.15) is 0 Å². The van der Waals surface area contributed by atoms with Crippen LogP contribution in [0.4, 0.5) is 5.82 Å². The number of carbonyl (C=O) groups is 2. The number of esters is 1. The van der Waals surface area contributed by atoms with E-state index in [0.717, 1.165) is 11.1 Å². The number of hydrogen-bond donors (Lipinski definition) is 1. The second-order valence-corrected chi connectivity index (χ2v) is 7.51. The lowest BCUT2D eigenvalue weighted by molar-refractivity contribution is -0.122. The molecule has 2 aliphatic rings. The summed E-state index contributed by atoms with van der Waals surface area (Å²) in [5.41, 5.74) is 1.67. The van der Waals surface area contributed by atoms with Gasteiger partial charge in [0.25, 0.3) is 0 Å². The molecule has 1 aliphatic carbocycles. The third kappa shape index (κ3) is 3.08. The SMILES string of the molecule is O=C1O[C@]2(CC[C@@H](C(=O)Nc3cc(-c4ccccc4)on3)CC2)c2cnccc21. The second-order valence-electron chi connectivity index (χ2n) is 7.51. The molecule has 1 N–H and O–H groups in total. The van der Waals surface area contributed by atoms with Gasteiger partial charge in [0.1, 0.15) is 5.60 Å². The lowest BCUT2D eigenvalue weighted by Gasteiger charge is -2.35. The highest BCUT2D eigenvalue weighted by Gasteiger charge is 2.48. The molecule has 146 valence electrons. The van der Waals surface area contributed by atoms with Crippen LogP contribution in [0.3, 0.4) is 0 Å². The summed E-state index contributed by atoms with van der Waals surface area (Å²) < 4.78 is 11.1. The van der Waals surface area contributed by atoms with Gasteiger partial charge in [-0.25, -0.2) is 4.79 Å². The van der Waals surface area contributed by atoms with Crippen molar-refractivity contribution < 1.29 is 18.8 Å². The third-order valence-electron chi connectivity index (χ3n) is 5.80. The molecule has 1 spiro atoms. The smallest absolute Gasteiger partial charge is 0.339 e. The van der Waals surface area contributed by atoms with Crippen molar-refractivity contribution in [2.75, 3.05) is 5.32 Å². The van der Waals surface area contributed by atoms with E-state index in [1.807, 2.05) is 30.3 Å². The van der Waals surface area contributed by atoms with Crippen molar-refractivity contribution in [1.29, 1.82) is 0 Å². The molecule has 29 heavy (non-hydrogen) atoms. The summed E-state index contributed by atoms with van der Waals surface area (Å²) in [5, 5.41) is 6.80. The number of nitrogens with one attached hydrogen (secondary N) is 1. The summed E-state index contributed by atoms with van der Waals surface area (Å²) in [7, 11) is 0. The van der Waals surface area contributed by atoms with Gasteiger partial charge in [0.15, 0.2) is 11.6 Å².